The number of benzene rings is 10. The van der Waals surface area contributed by atoms with Gasteiger partial charge in [-0.05, 0) is 95.1 Å². The molecule has 0 saturated heterocycles. The van der Waals surface area contributed by atoms with Crippen LogP contribution in [0.3, 0.4) is 0 Å². The lowest BCUT2D eigenvalue weighted by Crippen LogP contribution is -2.11. The monoisotopic (exact) mass is 818 g/mol. The lowest BCUT2D eigenvalue weighted by molar-refractivity contribution is 0.669. The van der Waals surface area contributed by atoms with Crippen molar-refractivity contribution < 1.29 is 8.83 Å². The number of fused-ring (bicyclic) bond motifs is 9. The van der Waals surface area contributed by atoms with Gasteiger partial charge in [0.25, 0.3) is 0 Å². The molecule has 0 aliphatic rings. The maximum Gasteiger partial charge on any atom is 0.145 e. The van der Waals surface area contributed by atoms with E-state index in [4.69, 9.17) is 8.83 Å². The largest absolute Gasteiger partial charge is 0.455 e. The van der Waals surface area contributed by atoms with Gasteiger partial charge in [-0.3, -0.25) is 0 Å². The fraction of sp³-hybridized carbons (Fsp3) is 0. The lowest BCUT2D eigenvalue weighted by Gasteiger charge is -2.28. The fourth-order valence-corrected chi connectivity index (χ4v) is 9.87. The zero-order valence-corrected chi connectivity index (χ0v) is 34.7. The summed E-state index contributed by atoms with van der Waals surface area (Å²) in [7, 11) is 0. The van der Waals surface area contributed by atoms with Gasteiger partial charge >= 0.3 is 0 Å². The standard InChI is InChI=1S/C60H38N2O2/c1-2-14-39(15-3-1)40-28-32-43(33-29-40)61(45-17-12-16-42(38-45)46-22-13-23-51-49-20-6-10-26-56(49)63-59(46)51)55-37-36-52-50-21-7-11-27-57(50)64-60(52)58(55)41-30-34-44(35-31-41)62-53-24-8-4-18-47(53)48-19-5-9-25-54(48)62/h1-38H. The van der Waals surface area contributed by atoms with Crippen LogP contribution in [0.5, 0.6) is 0 Å². The number of anilines is 3. The molecule has 300 valence electrons. The van der Waals surface area contributed by atoms with Crippen molar-refractivity contribution in [1.29, 1.82) is 0 Å². The highest BCUT2D eigenvalue weighted by atomic mass is 16.3. The predicted molar refractivity (Wildman–Crippen MR) is 266 cm³/mol. The average molecular weight is 819 g/mol. The van der Waals surface area contributed by atoms with Gasteiger partial charge in [-0.2, -0.15) is 0 Å². The van der Waals surface area contributed by atoms with Crippen molar-refractivity contribution in [2.75, 3.05) is 4.90 Å². The van der Waals surface area contributed by atoms with Crippen molar-refractivity contribution in [2.45, 2.75) is 0 Å². The minimum absolute atomic E-state index is 0.845. The van der Waals surface area contributed by atoms with Gasteiger partial charge in [0.1, 0.15) is 22.3 Å². The van der Waals surface area contributed by atoms with Crippen molar-refractivity contribution in [3.63, 3.8) is 0 Å². The van der Waals surface area contributed by atoms with Gasteiger partial charge in [-0.25, -0.2) is 0 Å². The van der Waals surface area contributed by atoms with Crippen LogP contribution in [0, 0.1) is 0 Å². The van der Waals surface area contributed by atoms with Crippen LogP contribution in [-0.4, -0.2) is 4.57 Å². The van der Waals surface area contributed by atoms with E-state index in [1.165, 1.54) is 27.4 Å². The Bertz CT molecular complexity index is 3840. The molecule has 13 aromatic rings. The van der Waals surface area contributed by atoms with E-state index in [0.29, 0.717) is 0 Å². The van der Waals surface area contributed by atoms with Crippen molar-refractivity contribution in [3.8, 4) is 39.1 Å². The number of rotatable bonds is 7. The van der Waals surface area contributed by atoms with E-state index in [1.807, 2.05) is 18.2 Å². The summed E-state index contributed by atoms with van der Waals surface area (Å²) in [6, 6.07) is 82.1. The van der Waals surface area contributed by atoms with E-state index in [0.717, 1.165) is 94.4 Å². The zero-order chi connectivity index (χ0) is 42.1. The van der Waals surface area contributed by atoms with Crippen molar-refractivity contribution in [1.82, 2.24) is 4.57 Å². The summed E-state index contributed by atoms with van der Waals surface area (Å²) >= 11 is 0. The zero-order valence-electron chi connectivity index (χ0n) is 34.7. The number of nitrogens with zero attached hydrogens (tertiary/aromatic N) is 2. The third-order valence-electron chi connectivity index (χ3n) is 12.8. The van der Waals surface area contributed by atoms with Crippen molar-refractivity contribution in [2.24, 2.45) is 0 Å². The number of hydrogen-bond acceptors (Lipinski definition) is 3. The molecule has 64 heavy (non-hydrogen) atoms. The Hall–Kier alpha value is -8.60. The maximum absolute atomic E-state index is 6.92. The highest BCUT2D eigenvalue weighted by Gasteiger charge is 2.24. The molecule has 0 radical (unpaired) electrons. The first kappa shape index (κ1) is 36.1. The molecule has 3 heterocycles. The van der Waals surface area contributed by atoms with Crippen LogP contribution in [0.1, 0.15) is 0 Å². The number of aromatic nitrogens is 1. The molecule has 0 amide bonds. The first-order valence-corrected chi connectivity index (χ1v) is 21.7. The lowest BCUT2D eigenvalue weighted by atomic mass is 9.97. The minimum Gasteiger partial charge on any atom is -0.455 e. The SMILES string of the molecule is c1ccc(-c2ccc(N(c3cccc(-c4cccc5c4oc4ccccc45)c3)c3ccc4c(oc5ccccc54)c3-c3ccc(-n4c5ccccc5c5ccccc54)cc3)cc2)cc1. The van der Waals surface area contributed by atoms with Crippen molar-refractivity contribution >= 4 is 82.7 Å². The molecule has 0 aliphatic carbocycles. The second-order valence-corrected chi connectivity index (χ2v) is 16.4. The normalized spacial score (nSPS) is 11.8. The van der Waals surface area contributed by atoms with Crippen LogP contribution in [0.2, 0.25) is 0 Å². The summed E-state index contributed by atoms with van der Waals surface area (Å²) in [5.74, 6) is 0. The molecule has 13 rings (SSSR count). The number of furan rings is 2. The Labute approximate surface area is 369 Å². The molecule has 0 N–H and O–H groups in total. The van der Waals surface area contributed by atoms with E-state index < -0.39 is 0 Å². The quantitative estimate of drug-likeness (QED) is 0.161. The van der Waals surface area contributed by atoms with Crippen molar-refractivity contribution in [3.05, 3.63) is 231 Å². The Kier molecular flexibility index (Phi) is 8.18. The molecule has 10 aromatic carbocycles. The van der Waals surface area contributed by atoms with E-state index in [1.54, 1.807) is 0 Å². The Morgan fingerprint density at radius 2 is 0.859 bits per heavy atom. The van der Waals surface area contributed by atoms with Gasteiger partial charge < -0.3 is 18.3 Å². The molecule has 0 aliphatic heterocycles. The molecular weight excluding hydrogens is 781 g/mol. The molecule has 0 spiro atoms. The third kappa shape index (κ3) is 5.70. The summed E-state index contributed by atoms with van der Waals surface area (Å²) in [5.41, 5.74) is 16.5. The summed E-state index contributed by atoms with van der Waals surface area (Å²) in [6.45, 7) is 0. The van der Waals surface area contributed by atoms with E-state index in [-0.39, 0.29) is 0 Å². The van der Waals surface area contributed by atoms with Crippen LogP contribution < -0.4 is 4.90 Å². The summed E-state index contributed by atoms with van der Waals surface area (Å²) in [5, 5.41) is 6.86. The molecule has 0 bridgehead atoms. The highest BCUT2D eigenvalue weighted by Crippen LogP contribution is 2.48. The Morgan fingerprint density at radius 1 is 0.328 bits per heavy atom. The van der Waals surface area contributed by atoms with E-state index in [2.05, 4.69) is 222 Å². The van der Waals surface area contributed by atoms with Gasteiger partial charge in [-0.15, -0.1) is 0 Å². The number of para-hydroxylation sites is 5. The van der Waals surface area contributed by atoms with Gasteiger partial charge in [0.2, 0.25) is 0 Å². The van der Waals surface area contributed by atoms with Crippen LogP contribution in [0.15, 0.2) is 239 Å². The molecule has 0 atom stereocenters. The van der Waals surface area contributed by atoms with Crippen LogP contribution in [0.4, 0.5) is 17.1 Å². The van der Waals surface area contributed by atoms with Crippen LogP contribution >= 0.6 is 0 Å². The molecule has 4 heteroatoms. The molecule has 4 nitrogen and oxygen atoms in total. The van der Waals surface area contributed by atoms with E-state index in [9.17, 15) is 0 Å². The summed E-state index contributed by atoms with van der Waals surface area (Å²) in [4.78, 5) is 2.37. The molecule has 0 unspecified atom stereocenters. The van der Waals surface area contributed by atoms with Crippen LogP contribution in [0.25, 0.3) is 105 Å². The number of hydrogen-bond donors (Lipinski definition) is 0. The first-order valence-electron chi connectivity index (χ1n) is 21.7. The summed E-state index contributed by atoms with van der Waals surface area (Å²) < 4.78 is 15.9. The second kappa shape index (κ2) is 14.5. The first-order chi connectivity index (χ1) is 31.7. The fourth-order valence-electron chi connectivity index (χ4n) is 9.87. The molecular formula is C60H38N2O2. The Balaban J connectivity index is 1.03. The predicted octanol–water partition coefficient (Wildman–Crippen LogP) is 17.1. The van der Waals surface area contributed by atoms with Crippen LogP contribution in [-0.2, 0) is 0 Å². The maximum atomic E-state index is 6.92. The molecule has 0 saturated carbocycles. The average Bonchev–Trinajstić information content (AvgIpc) is 4.05. The van der Waals surface area contributed by atoms with Gasteiger partial charge in [-0.1, -0.05) is 158 Å². The highest BCUT2D eigenvalue weighted by molar-refractivity contribution is 6.14. The van der Waals surface area contributed by atoms with E-state index >= 15 is 0 Å². The van der Waals surface area contributed by atoms with Gasteiger partial charge in [0.15, 0.2) is 0 Å². The van der Waals surface area contributed by atoms with Gasteiger partial charge in [0.05, 0.1) is 16.7 Å². The Morgan fingerprint density at radius 3 is 1.56 bits per heavy atom. The molecule has 0 fully saturated rings. The minimum atomic E-state index is 0.845. The third-order valence-corrected chi connectivity index (χ3v) is 12.8. The molecule has 3 aromatic heterocycles. The van der Waals surface area contributed by atoms with Gasteiger partial charge in [0, 0.05) is 60.5 Å². The second-order valence-electron chi connectivity index (χ2n) is 16.4. The topological polar surface area (TPSA) is 34.5 Å². The smallest absolute Gasteiger partial charge is 0.145 e. The summed E-state index contributed by atoms with van der Waals surface area (Å²) in [6.07, 6.45) is 0.